The molecule has 0 spiro atoms. The summed E-state index contributed by atoms with van der Waals surface area (Å²) in [6, 6.07) is 8.19. The van der Waals surface area contributed by atoms with Gasteiger partial charge in [0.15, 0.2) is 0 Å². The van der Waals surface area contributed by atoms with Crippen LogP contribution in [0.4, 0.5) is 5.69 Å². The van der Waals surface area contributed by atoms with Crippen LogP contribution in [-0.2, 0) is 14.9 Å². The maximum Gasteiger partial charge on any atom is 0.320 e. The lowest BCUT2D eigenvalue weighted by Crippen LogP contribution is -2.70. The summed E-state index contributed by atoms with van der Waals surface area (Å²) in [5.41, 5.74) is 2.44. The second kappa shape index (κ2) is 6.03. The second-order valence-corrected chi connectivity index (χ2v) is 7.44. The van der Waals surface area contributed by atoms with E-state index < -0.39 is 10.8 Å². The van der Waals surface area contributed by atoms with Crippen molar-refractivity contribution >= 4 is 17.4 Å². The summed E-state index contributed by atoms with van der Waals surface area (Å²) in [7, 11) is 1.40. The summed E-state index contributed by atoms with van der Waals surface area (Å²) >= 11 is 0. The second-order valence-electron chi connectivity index (χ2n) is 7.44. The fraction of sp³-hybridized carbons (Fsp3) is 0.524. The number of piperidine rings is 1. The Balaban J connectivity index is 2.08. The number of aliphatic hydroxyl groups is 1. The maximum absolute atomic E-state index is 13.1. The number of ether oxygens (including phenoxy) is 1. The highest BCUT2D eigenvalue weighted by atomic mass is 16.5. The first-order valence-corrected chi connectivity index (χ1v) is 9.39. The van der Waals surface area contributed by atoms with Crippen LogP contribution in [0.25, 0.3) is 0 Å². The summed E-state index contributed by atoms with van der Waals surface area (Å²) in [4.78, 5) is 18.1. The van der Waals surface area contributed by atoms with Gasteiger partial charge in [-0.15, -0.1) is 0 Å². The number of hydrogen-bond donors (Lipinski definition) is 2. The first-order chi connectivity index (χ1) is 12.6. The predicted molar refractivity (Wildman–Crippen MR) is 101 cm³/mol. The lowest BCUT2D eigenvalue weighted by atomic mass is 9.48. The fourth-order valence-corrected chi connectivity index (χ4v) is 5.70. The molecule has 3 aliphatic rings. The molecule has 1 saturated heterocycles. The van der Waals surface area contributed by atoms with Gasteiger partial charge in [0.05, 0.1) is 30.5 Å². The Hall–Kier alpha value is -1.98. The van der Waals surface area contributed by atoms with Gasteiger partial charge in [-0.1, -0.05) is 36.8 Å². The lowest BCUT2D eigenvalue weighted by molar-refractivity contribution is -0.154. The summed E-state index contributed by atoms with van der Waals surface area (Å²) in [5, 5.41) is 14.3. The largest absolute Gasteiger partial charge is 0.468 e. The van der Waals surface area contributed by atoms with E-state index in [1.807, 2.05) is 25.1 Å². The fourth-order valence-electron chi connectivity index (χ4n) is 5.70. The Morgan fingerprint density at radius 2 is 2.23 bits per heavy atom. The Kier molecular flexibility index (Phi) is 4.04. The smallest absolute Gasteiger partial charge is 0.320 e. The monoisotopic (exact) mass is 354 g/mol. The number of methoxy groups -OCH3 is 1. The van der Waals surface area contributed by atoms with Crippen LogP contribution in [0, 0.1) is 11.3 Å². The number of aliphatic hydroxyl groups excluding tert-OH is 1. The maximum atomic E-state index is 13.1. The number of hydrogen-bond acceptors (Lipinski definition) is 5. The van der Waals surface area contributed by atoms with Crippen molar-refractivity contribution in [2.75, 3.05) is 20.3 Å². The van der Waals surface area contributed by atoms with Gasteiger partial charge in [-0.25, -0.2) is 0 Å². The number of carbonyl (C=O) groups excluding carboxylic acids is 1. The first-order valence-electron chi connectivity index (χ1n) is 9.39. The van der Waals surface area contributed by atoms with Gasteiger partial charge in [0.25, 0.3) is 0 Å². The third-order valence-electron chi connectivity index (χ3n) is 6.76. The van der Waals surface area contributed by atoms with E-state index >= 15 is 0 Å². The number of allylic oxidation sites excluding steroid dienone is 1. The summed E-state index contributed by atoms with van der Waals surface area (Å²) in [6.45, 7) is 4.68. The first kappa shape index (κ1) is 17.4. The van der Waals surface area contributed by atoms with Gasteiger partial charge in [0.2, 0.25) is 0 Å². The van der Waals surface area contributed by atoms with Crippen molar-refractivity contribution < 1.29 is 14.6 Å². The Morgan fingerprint density at radius 3 is 2.88 bits per heavy atom. The van der Waals surface area contributed by atoms with Crippen molar-refractivity contribution in [1.29, 1.82) is 0 Å². The molecule has 0 amide bonds. The van der Waals surface area contributed by atoms with Crippen LogP contribution in [-0.4, -0.2) is 43.1 Å². The van der Waals surface area contributed by atoms with E-state index in [0.29, 0.717) is 0 Å². The number of nitrogens with zero attached hydrogens (tertiary/aromatic N) is 1. The molecule has 4 rings (SSSR count). The molecule has 1 saturated carbocycles. The topological polar surface area (TPSA) is 70.9 Å². The van der Waals surface area contributed by atoms with Crippen molar-refractivity contribution in [1.82, 2.24) is 5.32 Å². The van der Waals surface area contributed by atoms with Gasteiger partial charge in [0.1, 0.15) is 5.41 Å². The summed E-state index contributed by atoms with van der Waals surface area (Å²) in [6.07, 6.45) is 3.69. The number of carbonyl (C=O) groups is 1. The van der Waals surface area contributed by atoms with E-state index in [9.17, 15) is 9.90 Å². The minimum absolute atomic E-state index is 0.0861. The van der Waals surface area contributed by atoms with Gasteiger partial charge in [0, 0.05) is 12.0 Å². The number of rotatable bonds is 3. The molecule has 0 radical (unpaired) electrons. The van der Waals surface area contributed by atoms with Gasteiger partial charge in [-0.2, -0.15) is 0 Å². The Morgan fingerprint density at radius 1 is 1.46 bits per heavy atom. The van der Waals surface area contributed by atoms with E-state index in [4.69, 9.17) is 9.73 Å². The predicted octanol–water partition coefficient (Wildman–Crippen LogP) is 2.51. The van der Waals surface area contributed by atoms with Crippen molar-refractivity contribution in [2.24, 2.45) is 16.3 Å². The van der Waals surface area contributed by atoms with Crippen LogP contribution in [0.3, 0.4) is 0 Å². The van der Waals surface area contributed by atoms with Crippen LogP contribution in [0.1, 0.15) is 32.3 Å². The van der Waals surface area contributed by atoms with Crippen molar-refractivity contribution in [3.05, 3.63) is 41.5 Å². The van der Waals surface area contributed by atoms with Crippen molar-refractivity contribution in [3.63, 3.8) is 0 Å². The number of nitrogens with one attached hydrogen (secondary N) is 1. The molecule has 4 unspecified atom stereocenters. The molecule has 0 aromatic heterocycles. The minimum atomic E-state index is -1.12. The quantitative estimate of drug-likeness (QED) is 0.646. The van der Waals surface area contributed by atoms with Crippen LogP contribution in [0.15, 0.2) is 40.9 Å². The van der Waals surface area contributed by atoms with Crippen molar-refractivity contribution in [2.45, 2.75) is 38.1 Å². The SMILES string of the molecule is CC=C1C2CCNC1C1(CC)C(=Nc3ccccc31)C2(CO)C(=O)OC. The average molecular weight is 354 g/mol. The third kappa shape index (κ3) is 1.82. The molecule has 5 nitrogen and oxygen atoms in total. The highest BCUT2D eigenvalue weighted by Gasteiger charge is 2.68. The molecule has 5 heteroatoms. The van der Waals surface area contributed by atoms with E-state index in [0.717, 1.165) is 36.3 Å². The zero-order valence-electron chi connectivity index (χ0n) is 15.6. The number of para-hydroxylation sites is 1. The normalized spacial score (nSPS) is 36.3. The van der Waals surface area contributed by atoms with Gasteiger partial charge < -0.3 is 15.2 Å². The average Bonchev–Trinajstić information content (AvgIpc) is 3.03. The zero-order chi connectivity index (χ0) is 18.5. The number of esters is 1. The number of benzene rings is 1. The molecular formula is C21H26N2O3. The number of aliphatic imine (C=N–C) groups is 1. The molecule has 26 heavy (non-hydrogen) atoms. The van der Waals surface area contributed by atoms with Gasteiger partial charge in [-0.3, -0.25) is 9.79 Å². The van der Waals surface area contributed by atoms with E-state index in [1.165, 1.54) is 12.7 Å². The molecule has 2 aliphatic heterocycles. The third-order valence-corrected chi connectivity index (χ3v) is 6.76. The summed E-state index contributed by atoms with van der Waals surface area (Å²) < 4.78 is 5.24. The molecule has 1 aromatic carbocycles. The van der Waals surface area contributed by atoms with Gasteiger partial charge >= 0.3 is 5.97 Å². The van der Waals surface area contributed by atoms with Crippen LogP contribution < -0.4 is 5.32 Å². The Labute approximate surface area is 154 Å². The van der Waals surface area contributed by atoms with Crippen LogP contribution >= 0.6 is 0 Å². The molecule has 2 fully saturated rings. The van der Waals surface area contributed by atoms with E-state index in [1.54, 1.807) is 0 Å². The van der Waals surface area contributed by atoms with Crippen LogP contribution in [0.2, 0.25) is 0 Å². The zero-order valence-corrected chi connectivity index (χ0v) is 15.6. The van der Waals surface area contributed by atoms with Gasteiger partial charge in [-0.05, 0) is 37.9 Å². The molecule has 4 atom stereocenters. The highest BCUT2D eigenvalue weighted by molar-refractivity contribution is 6.17. The van der Waals surface area contributed by atoms with E-state index in [-0.39, 0.29) is 24.5 Å². The number of fused-ring (bicyclic) bond motifs is 6. The molecule has 2 bridgehead atoms. The molecule has 138 valence electrons. The van der Waals surface area contributed by atoms with Crippen molar-refractivity contribution in [3.8, 4) is 0 Å². The summed E-state index contributed by atoms with van der Waals surface area (Å²) in [5.74, 6) is -0.474. The van der Waals surface area contributed by atoms with Crippen LogP contribution in [0.5, 0.6) is 0 Å². The molecular weight excluding hydrogens is 328 g/mol. The molecule has 2 N–H and O–H groups in total. The molecule has 1 aliphatic carbocycles. The minimum Gasteiger partial charge on any atom is -0.468 e. The van der Waals surface area contributed by atoms with E-state index in [2.05, 4.69) is 24.4 Å². The molecule has 1 aromatic rings. The Bertz CT molecular complexity index is 815. The molecule has 2 heterocycles. The lowest BCUT2D eigenvalue weighted by Gasteiger charge is -2.57. The highest BCUT2D eigenvalue weighted by Crippen LogP contribution is 2.60. The standard InChI is InChI=1S/C21H26N2O3/c1-4-13-14-10-11-22-17(13)20(5-2)15-8-6-7-9-16(15)23-18(20)21(14,12-24)19(25)26-3/h4,6-9,14,17,22,24H,5,10-12H2,1-3H3.